The van der Waals surface area contributed by atoms with E-state index in [-0.39, 0.29) is 6.61 Å². The van der Waals surface area contributed by atoms with Gasteiger partial charge in [-0.3, -0.25) is 4.90 Å². The minimum atomic E-state index is 0.213. The summed E-state index contributed by atoms with van der Waals surface area (Å²) in [7, 11) is 0. The van der Waals surface area contributed by atoms with Gasteiger partial charge in [-0.05, 0) is 18.4 Å². The van der Waals surface area contributed by atoms with Crippen molar-refractivity contribution < 1.29 is 5.11 Å². The minimum absolute atomic E-state index is 0.213. The van der Waals surface area contributed by atoms with Crippen molar-refractivity contribution in [2.24, 2.45) is 0 Å². The number of benzene rings is 1. The summed E-state index contributed by atoms with van der Waals surface area (Å²) in [5.74, 6) is 0.935. The van der Waals surface area contributed by atoms with E-state index >= 15 is 0 Å². The lowest BCUT2D eigenvalue weighted by molar-refractivity contribution is 0.188. The van der Waals surface area contributed by atoms with Crippen LogP contribution in [-0.2, 0) is 0 Å². The lowest BCUT2D eigenvalue weighted by atomic mass is 10.1. The quantitative estimate of drug-likeness (QED) is 0.696. The van der Waals surface area contributed by atoms with E-state index in [1.807, 2.05) is 18.6 Å². The van der Waals surface area contributed by atoms with Crippen molar-refractivity contribution in [3.8, 4) is 11.3 Å². The fourth-order valence-electron chi connectivity index (χ4n) is 3.35. The van der Waals surface area contributed by atoms with Crippen molar-refractivity contribution in [1.82, 2.24) is 19.3 Å². The number of β-amino-alcohol motifs (C(OH)–C–C–N with tert-alkyl or cyclic N) is 1. The van der Waals surface area contributed by atoms with Gasteiger partial charge in [0.1, 0.15) is 0 Å². The van der Waals surface area contributed by atoms with Crippen LogP contribution in [0.4, 0.5) is 5.82 Å². The number of aliphatic hydroxyl groups is 1. The van der Waals surface area contributed by atoms with Crippen LogP contribution in [0.2, 0.25) is 0 Å². The number of nitrogens with zero attached hydrogens (tertiary/aromatic N) is 5. The zero-order chi connectivity index (χ0) is 17.9. The largest absolute Gasteiger partial charge is 0.395 e. The van der Waals surface area contributed by atoms with Gasteiger partial charge in [-0.1, -0.05) is 12.1 Å². The molecule has 0 aliphatic carbocycles. The second-order valence-electron chi connectivity index (χ2n) is 6.39. The van der Waals surface area contributed by atoms with Crippen LogP contribution in [0.5, 0.6) is 0 Å². The molecule has 2 aromatic heterocycles. The molecule has 7 heteroatoms. The normalized spacial score (nSPS) is 15.7. The molecule has 6 nitrogen and oxygen atoms in total. The Balaban J connectivity index is 1.67. The van der Waals surface area contributed by atoms with Gasteiger partial charge >= 0.3 is 0 Å². The third-order valence-electron chi connectivity index (χ3n) is 4.83. The van der Waals surface area contributed by atoms with Gasteiger partial charge in [-0.25, -0.2) is 9.97 Å². The number of hydrogen-bond donors (Lipinski definition) is 1. The monoisotopic (exact) mass is 369 g/mol. The van der Waals surface area contributed by atoms with Crippen molar-refractivity contribution in [3.05, 3.63) is 42.9 Å². The van der Waals surface area contributed by atoms with Gasteiger partial charge in [-0.15, -0.1) is 11.8 Å². The van der Waals surface area contributed by atoms with E-state index < -0.39 is 0 Å². The molecule has 0 atom stereocenters. The molecule has 0 amide bonds. The molecule has 1 aromatic carbocycles. The average Bonchev–Trinajstić information content (AvgIpc) is 3.17. The molecule has 0 unspecified atom stereocenters. The summed E-state index contributed by atoms with van der Waals surface area (Å²) in [5.41, 5.74) is 2.96. The number of imidazole rings is 1. The summed E-state index contributed by atoms with van der Waals surface area (Å²) in [5, 5.41) is 9.13. The Morgan fingerprint density at radius 2 is 1.88 bits per heavy atom. The zero-order valence-corrected chi connectivity index (χ0v) is 15.7. The van der Waals surface area contributed by atoms with E-state index in [2.05, 4.69) is 49.7 Å². The Hall–Kier alpha value is -2.09. The van der Waals surface area contributed by atoms with Crippen LogP contribution in [0.15, 0.2) is 47.8 Å². The maximum atomic E-state index is 9.13. The standard InChI is InChI=1S/C19H23N5OS/c1-26-16-4-2-15(3-5-16)17-14-24-7-6-20-18(24)19(21-17)23-10-8-22(9-11-23)12-13-25/h2-7,14,25H,8-13H2,1H3. The molecule has 0 spiro atoms. The van der Waals surface area contributed by atoms with Crippen LogP contribution in [0.1, 0.15) is 0 Å². The average molecular weight is 369 g/mol. The molecule has 1 N–H and O–H groups in total. The smallest absolute Gasteiger partial charge is 0.180 e. The molecule has 26 heavy (non-hydrogen) atoms. The molecule has 1 aliphatic heterocycles. The predicted octanol–water partition coefficient (Wildman–Crippen LogP) is 2.23. The Labute approximate surface area is 157 Å². The number of thioether (sulfide) groups is 1. The molecule has 4 rings (SSSR count). The number of rotatable bonds is 5. The number of fused-ring (bicyclic) bond motifs is 1. The topological polar surface area (TPSA) is 56.9 Å². The van der Waals surface area contributed by atoms with Crippen molar-refractivity contribution >= 4 is 23.2 Å². The molecule has 136 valence electrons. The molecule has 3 aromatic rings. The third kappa shape index (κ3) is 3.42. The summed E-state index contributed by atoms with van der Waals surface area (Å²) >= 11 is 1.74. The maximum absolute atomic E-state index is 9.13. The number of aromatic nitrogens is 3. The molecule has 0 radical (unpaired) electrons. The summed E-state index contributed by atoms with van der Waals surface area (Å²) in [6.07, 6.45) is 7.92. The SMILES string of the molecule is CSc1ccc(-c2cn3ccnc3c(N3CCN(CCO)CC3)n2)cc1. The van der Waals surface area contributed by atoms with Crippen molar-refractivity contribution in [3.63, 3.8) is 0 Å². The Kier molecular flexibility index (Phi) is 5.10. The fraction of sp³-hybridized carbons (Fsp3) is 0.368. The van der Waals surface area contributed by atoms with Crippen LogP contribution in [-0.4, -0.2) is 70.0 Å². The Morgan fingerprint density at radius 1 is 1.12 bits per heavy atom. The van der Waals surface area contributed by atoms with E-state index in [0.29, 0.717) is 0 Å². The fourth-order valence-corrected chi connectivity index (χ4v) is 3.76. The number of hydrogen-bond acceptors (Lipinski definition) is 6. The first-order valence-corrected chi connectivity index (χ1v) is 10.1. The predicted molar refractivity (Wildman–Crippen MR) is 106 cm³/mol. The Morgan fingerprint density at radius 3 is 2.58 bits per heavy atom. The lowest BCUT2D eigenvalue weighted by Gasteiger charge is -2.35. The molecule has 1 aliphatic rings. The van der Waals surface area contributed by atoms with Crippen LogP contribution in [0.25, 0.3) is 16.9 Å². The molecular weight excluding hydrogens is 346 g/mol. The van der Waals surface area contributed by atoms with E-state index in [1.165, 1.54) is 4.90 Å². The number of anilines is 1. The van der Waals surface area contributed by atoms with E-state index in [4.69, 9.17) is 10.1 Å². The first-order valence-electron chi connectivity index (χ1n) is 8.85. The molecular formula is C19H23N5OS. The number of aliphatic hydroxyl groups excluding tert-OH is 1. The van der Waals surface area contributed by atoms with Gasteiger partial charge in [0.25, 0.3) is 0 Å². The highest BCUT2D eigenvalue weighted by Crippen LogP contribution is 2.26. The second-order valence-corrected chi connectivity index (χ2v) is 7.27. The van der Waals surface area contributed by atoms with Gasteiger partial charge in [0.2, 0.25) is 0 Å². The Bertz CT molecular complexity index is 871. The maximum Gasteiger partial charge on any atom is 0.180 e. The molecule has 1 fully saturated rings. The van der Waals surface area contributed by atoms with E-state index in [0.717, 1.165) is 55.4 Å². The summed E-state index contributed by atoms with van der Waals surface area (Å²) in [6.45, 7) is 4.60. The van der Waals surface area contributed by atoms with Crippen LogP contribution in [0.3, 0.4) is 0 Å². The van der Waals surface area contributed by atoms with Gasteiger partial charge in [0.15, 0.2) is 11.5 Å². The van der Waals surface area contributed by atoms with Crippen LogP contribution >= 0.6 is 11.8 Å². The van der Waals surface area contributed by atoms with Gasteiger partial charge in [-0.2, -0.15) is 0 Å². The van der Waals surface area contributed by atoms with Crippen molar-refractivity contribution in [2.75, 3.05) is 50.5 Å². The molecule has 0 saturated carbocycles. The van der Waals surface area contributed by atoms with E-state index in [9.17, 15) is 0 Å². The highest BCUT2D eigenvalue weighted by atomic mass is 32.2. The minimum Gasteiger partial charge on any atom is -0.395 e. The zero-order valence-electron chi connectivity index (χ0n) is 14.9. The van der Waals surface area contributed by atoms with Gasteiger partial charge < -0.3 is 14.4 Å². The first kappa shape index (κ1) is 17.3. The highest BCUT2D eigenvalue weighted by Gasteiger charge is 2.21. The lowest BCUT2D eigenvalue weighted by Crippen LogP contribution is -2.47. The summed E-state index contributed by atoms with van der Waals surface area (Å²) in [6, 6.07) is 8.51. The van der Waals surface area contributed by atoms with Crippen LogP contribution in [0, 0.1) is 0 Å². The molecule has 0 bridgehead atoms. The van der Waals surface area contributed by atoms with E-state index in [1.54, 1.807) is 11.8 Å². The second kappa shape index (κ2) is 7.65. The third-order valence-corrected chi connectivity index (χ3v) is 5.57. The first-order chi connectivity index (χ1) is 12.8. The van der Waals surface area contributed by atoms with Crippen molar-refractivity contribution in [1.29, 1.82) is 0 Å². The van der Waals surface area contributed by atoms with Gasteiger partial charge in [0, 0.05) is 61.8 Å². The summed E-state index contributed by atoms with van der Waals surface area (Å²) < 4.78 is 2.06. The van der Waals surface area contributed by atoms with Crippen molar-refractivity contribution in [2.45, 2.75) is 4.90 Å². The van der Waals surface area contributed by atoms with Gasteiger partial charge in [0.05, 0.1) is 12.3 Å². The summed E-state index contributed by atoms with van der Waals surface area (Å²) in [4.78, 5) is 15.3. The highest BCUT2D eigenvalue weighted by molar-refractivity contribution is 7.98. The number of piperazine rings is 1. The van der Waals surface area contributed by atoms with Crippen LogP contribution < -0.4 is 4.90 Å². The molecule has 3 heterocycles. The molecule has 1 saturated heterocycles.